The van der Waals surface area contributed by atoms with E-state index in [0.717, 1.165) is 17.9 Å². The molecule has 22 heavy (non-hydrogen) atoms. The van der Waals surface area contributed by atoms with Crippen LogP contribution in [-0.2, 0) is 25.6 Å². The molecule has 0 bridgehead atoms. The van der Waals surface area contributed by atoms with Crippen LogP contribution in [0.1, 0.15) is 5.69 Å². The second-order valence-electron chi connectivity index (χ2n) is 5.31. The topological polar surface area (TPSA) is 86.1 Å². The highest BCUT2D eigenvalue weighted by Crippen LogP contribution is 2.30. The number of benzene rings is 1. The van der Waals surface area contributed by atoms with Gasteiger partial charge in [0.2, 0.25) is 10.0 Å². The molecule has 1 aromatic carbocycles. The first-order valence-electron chi connectivity index (χ1n) is 6.43. The Kier molecular flexibility index (Phi) is 3.26. The van der Waals surface area contributed by atoms with Crippen LogP contribution in [0.15, 0.2) is 36.5 Å². The molecule has 8 heteroatoms. The summed E-state index contributed by atoms with van der Waals surface area (Å²) < 4.78 is 48.2. The fourth-order valence-electron chi connectivity index (χ4n) is 2.58. The first kappa shape index (κ1) is 15.0. The molecule has 0 aliphatic rings. The fourth-order valence-corrected chi connectivity index (χ4v) is 4.30. The van der Waals surface area contributed by atoms with Crippen LogP contribution < -0.4 is 0 Å². The summed E-state index contributed by atoms with van der Waals surface area (Å²) in [4.78, 5) is 4.10. The molecule has 0 amide bonds. The van der Waals surface area contributed by atoms with Crippen molar-refractivity contribution in [3.05, 3.63) is 42.2 Å². The summed E-state index contributed by atoms with van der Waals surface area (Å²) >= 11 is 0. The van der Waals surface area contributed by atoms with Crippen LogP contribution in [-0.4, -0.2) is 38.3 Å². The molecule has 2 heterocycles. The molecular formula is C14H14N2O4S2. The third-order valence-corrected chi connectivity index (χ3v) is 5.19. The van der Waals surface area contributed by atoms with Crippen molar-refractivity contribution in [1.82, 2.24) is 8.96 Å². The summed E-state index contributed by atoms with van der Waals surface area (Å²) in [6.45, 7) is 0. The molecule has 0 saturated heterocycles. The van der Waals surface area contributed by atoms with E-state index in [2.05, 4.69) is 4.98 Å². The van der Waals surface area contributed by atoms with Gasteiger partial charge in [-0.2, -0.15) is 0 Å². The quantitative estimate of drug-likeness (QED) is 0.723. The zero-order valence-electron chi connectivity index (χ0n) is 12.0. The van der Waals surface area contributed by atoms with Crippen molar-refractivity contribution in [3.63, 3.8) is 0 Å². The molecule has 0 unspecified atom stereocenters. The Balaban J connectivity index is 2.42. The number of fused-ring (bicyclic) bond motifs is 3. The van der Waals surface area contributed by atoms with Crippen molar-refractivity contribution in [3.8, 4) is 0 Å². The van der Waals surface area contributed by atoms with E-state index in [1.165, 1.54) is 10.2 Å². The number of sulfone groups is 1. The number of nitrogens with zero attached hydrogens (tertiary/aromatic N) is 2. The Morgan fingerprint density at radius 1 is 1.00 bits per heavy atom. The predicted molar refractivity (Wildman–Crippen MR) is 86.0 cm³/mol. The minimum absolute atomic E-state index is 0.179. The van der Waals surface area contributed by atoms with Gasteiger partial charge in [0.1, 0.15) is 0 Å². The van der Waals surface area contributed by atoms with E-state index in [1.807, 2.05) is 12.1 Å². The van der Waals surface area contributed by atoms with Crippen LogP contribution in [0.2, 0.25) is 0 Å². The Morgan fingerprint density at radius 2 is 1.68 bits per heavy atom. The van der Waals surface area contributed by atoms with Crippen LogP contribution >= 0.6 is 0 Å². The van der Waals surface area contributed by atoms with Gasteiger partial charge >= 0.3 is 0 Å². The highest BCUT2D eigenvalue weighted by Gasteiger charge is 2.18. The van der Waals surface area contributed by atoms with Gasteiger partial charge in [-0.1, -0.05) is 18.2 Å². The first-order chi connectivity index (χ1) is 10.2. The highest BCUT2D eigenvalue weighted by atomic mass is 32.2. The van der Waals surface area contributed by atoms with Gasteiger partial charge in [-0.05, 0) is 12.1 Å². The van der Waals surface area contributed by atoms with Gasteiger partial charge in [-0.15, -0.1) is 0 Å². The molecule has 6 nitrogen and oxygen atoms in total. The first-order valence-corrected chi connectivity index (χ1v) is 10.3. The zero-order valence-corrected chi connectivity index (χ0v) is 13.6. The van der Waals surface area contributed by atoms with Crippen molar-refractivity contribution in [2.75, 3.05) is 12.5 Å². The second kappa shape index (κ2) is 4.79. The molecule has 0 aliphatic heterocycles. The molecule has 2 aromatic heterocycles. The summed E-state index contributed by atoms with van der Waals surface area (Å²) in [6, 6.07) is 8.73. The highest BCUT2D eigenvalue weighted by molar-refractivity contribution is 7.90. The van der Waals surface area contributed by atoms with Gasteiger partial charge in [-0.3, -0.25) is 4.98 Å². The molecule has 0 N–H and O–H groups in total. The van der Waals surface area contributed by atoms with E-state index in [1.54, 1.807) is 18.2 Å². The van der Waals surface area contributed by atoms with Crippen LogP contribution in [0.25, 0.3) is 21.8 Å². The molecule has 0 saturated carbocycles. The SMILES string of the molecule is CS(=O)(=O)Cc1cc2c3ccccc3n(S(C)(=O)=O)c2cn1. The number of para-hydroxylation sites is 1. The Bertz CT molecular complexity index is 1100. The summed E-state index contributed by atoms with van der Waals surface area (Å²) in [5, 5.41) is 1.43. The molecule has 0 atom stereocenters. The van der Waals surface area contributed by atoms with Crippen molar-refractivity contribution in [1.29, 1.82) is 0 Å². The fraction of sp³-hybridized carbons (Fsp3) is 0.214. The lowest BCUT2D eigenvalue weighted by molar-refractivity contribution is 0.595. The van der Waals surface area contributed by atoms with Gasteiger partial charge in [0.15, 0.2) is 9.84 Å². The second-order valence-corrected chi connectivity index (χ2v) is 9.28. The third-order valence-electron chi connectivity index (χ3n) is 3.31. The average molecular weight is 338 g/mol. The van der Waals surface area contributed by atoms with E-state index in [0.29, 0.717) is 22.1 Å². The standard InChI is InChI=1S/C14H14N2O4S2/c1-21(17,18)9-10-7-12-11-5-3-4-6-13(11)16(22(2,19)20)14(12)8-15-10/h3-8H,9H2,1-2H3. The van der Waals surface area contributed by atoms with Gasteiger partial charge < -0.3 is 0 Å². The summed E-state index contributed by atoms with van der Waals surface area (Å²) in [5.74, 6) is -0.179. The zero-order chi connectivity index (χ0) is 16.1. The molecule has 0 aliphatic carbocycles. The summed E-state index contributed by atoms with van der Waals surface area (Å²) in [7, 11) is -6.71. The number of rotatable bonds is 3. The lowest BCUT2D eigenvalue weighted by Gasteiger charge is -2.04. The predicted octanol–water partition coefficient (Wildman–Crippen LogP) is 1.54. The van der Waals surface area contributed by atoms with Crippen molar-refractivity contribution >= 4 is 41.7 Å². The maximum absolute atomic E-state index is 12.1. The van der Waals surface area contributed by atoms with Crippen LogP contribution in [0.3, 0.4) is 0 Å². The molecule has 3 rings (SSSR count). The Labute approximate surface area is 128 Å². The average Bonchev–Trinajstić information content (AvgIpc) is 2.70. The summed E-state index contributed by atoms with van der Waals surface area (Å²) in [5.41, 5.74) is 1.39. The normalized spacial score (nSPS) is 13.0. The van der Waals surface area contributed by atoms with Crippen LogP contribution in [0, 0.1) is 0 Å². The lowest BCUT2D eigenvalue weighted by atomic mass is 10.2. The number of pyridine rings is 1. The van der Waals surface area contributed by atoms with Crippen molar-refractivity contribution in [2.24, 2.45) is 0 Å². The molecular weight excluding hydrogens is 324 g/mol. The molecule has 0 fully saturated rings. The number of aromatic nitrogens is 2. The van der Waals surface area contributed by atoms with Crippen molar-refractivity contribution < 1.29 is 16.8 Å². The van der Waals surface area contributed by atoms with Gasteiger partial charge in [0.25, 0.3) is 0 Å². The molecule has 0 spiro atoms. The van der Waals surface area contributed by atoms with E-state index in [-0.39, 0.29) is 5.75 Å². The third kappa shape index (κ3) is 2.59. The van der Waals surface area contributed by atoms with E-state index in [4.69, 9.17) is 0 Å². The van der Waals surface area contributed by atoms with E-state index < -0.39 is 19.9 Å². The lowest BCUT2D eigenvalue weighted by Crippen LogP contribution is -2.09. The number of hydrogen-bond donors (Lipinski definition) is 0. The van der Waals surface area contributed by atoms with Crippen LogP contribution in [0.5, 0.6) is 0 Å². The molecule has 3 aromatic rings. The Hall–Kier alpha value is -1.93. The minimum atomic E-state index is -3.50. The molecule has 116 valence electrons. The minimum Gasteiger partial charge on any atom is -0.258 e. The maximum atomic E-state index is 12.1. The number of hydrogen-bond acceptors (Lipinski definition) is 5. The van der Waals surface area contributed by atoms with Crippen LogP contribution in [0.4, 0.5) is 0 Å². The van der Waals surface area contributed by atoms with Crippen molar-refractivity contribution in [2.45, 2.75) is 5.75 Å². The molecule has 0 radical (unpaired) electrons. The monoisotopic (exact) mass is 338 g/mol. The largest absolute Gasteiger partial charge is 0.258 e. The van der Waals surface area contributed by atoms with Gasteiger partial charge in [0, 0.05) is 17.0 Å². The van der Waals surface area contributed by atoms with E-state index >= 15 is 0 Å². The van der Waals surface area contributed by atoms with E-state index in [9.17, 15) is 16.8 Å². The smallest absolute Gasteiger partial charge is 0.236 e. The van der Waals surface area contributed by atoms with Gasteiger partial charge in [0.05, 0.1) is 34.9 Å². The maximum Gasteiger partial charge on any atom is 0.236 e. The Morgan fingerprint density at radius 3 is 2.32 bits per heavy atom. The van der Waals surface area contributed by atoms with Gasteiger partial charge in [-0.25, -0.2) is 20.8 Å². The summed E-state index contributed by atoms with van der Waals surface area (Å²) in [6.07, 6.45) is 3.68.